The van der Waals surface area contributed by atoms with Crippen molar-refractivity contribution >= 4 is 11.0 Å². The highest BCUT2D eigenvalue weighted by molar-refractivity contribution is 5.81. The van der Waals surface area contributed by atoms with Gasteiger partial charge in [0.2, 0.25) is 0 Å². The summed E-state index contributed by atoms with van der Waals surface area (Å²) >= 11 is 0. The topological polar surface area (TPSA) is 77.3 Å². The molecule has 15 heavy (non-hydrogen) atoms. The van der Waals surface area contributed by atoms with Crippen molar-refractivity contribution in [2.24, 2.45) is 0 Å². The van der Waals surface area contributed by atoms with E-state index in [1.54, 1.807) is 6.20 Å². The normalized spacial score (nSPS) is 10.9. The third-order valence-corrected chi connectivity index (χ3v) is 2.35. The molecule has 5 nitrogen and oxygen atoms in total. The Morgan fingerprint density at radius 3 is 2.73 bits per heavy atom. The lowest BCUT2D eigenvalue weighted by Gasteiger charge is -1.95. The molecule has 0 aliphatic heterocycles. The lowest BCUT2D eigenvalue weighted by Crippen LogP contribution is -1.99. The molecule has 0 aliphatic carbocycles. The standard InChI is InChI=1S/C10H8N4O/c15-10-13-8-2-1-6(3-9(8)14-10)7-4-11-12-5-7/h1-5H,(H,11,12)(H2,13,14,15). The predicted molar refractivity (Wildman–Crippen MR) is 56.5 cm³/mol. The van der Waals surface area contributed by atoms with Gasteiger partial charge in [-0.15, -0.1) is 0 Å². The number of hydrogen-bond acceptors (Lipinski definition) is 2. The third kappa shape index (κ3) is 1.25. The first kappa shape index (κ1) is 8.05. The van der Waals surface area contributed by atoms with Crippen molar-refractivity contribution in [3.63, 3.8) is 0 Å². The van der Waals surface area contributed by atoms with Crippen LogP contribution in [0.25, 0.3) is 22.2 Å². The first-order valence-corrected chi connectivity index (χ1v) is 4.54. The van der Waals surface area contributed by atoms with Crippen LogP contribution in [0.2, 0.25) is 0 Å². The van der Waals surface area contributed by atoms with Crippen LogP contribution >= 0.6 is 0 Å². The van der Waals surface area contributed by atoms with Gasteiger partial charge in [-0.1, -0.05) is 6.07 Å². The predicted octanol–water partition coefficient (Wildman–Crippen LogP) is 1.25. The minimum atomic E-state index is -0.186. The van der Waals surface area contributed by atoms with Crippen LogP contribution in [0.3, 0.4) is 0 Å². The van der Waals surface area contributed by atoms with Gasteiger partial charge < -0.3 is 9.97 Å². The van der Waals surface area contributed by atoms with E-state index in [1.165, 1.54) is 0 Å². The van der Waals surface area contributed by atoms with Gasteiger partial charge >= 0.3 is 5.69 Å². The van der Waals surface area contributed by atoms with Gasteiger partial charge in [0.05, 0.1) is 17.2 Å². The first-order valence-electron chi connectivity index (χ1n) is 4.54. The van der Waals surface area contributed by atoms with Crippen molar-refractivity contribution in [2.75, 3.05) is 0 Å². The van der Waals surface area contributed by atoms with E-state index in [9.17, 15) is 4.79 Å². The van der Waals surface area contributed by atoms with E-state index in [2.05, 4.69) is 20.2 Å². The third-order valence-electron chi connectivity index (χ3n) is 2.35. The van der Waals surface area contributed by atoms with E-state index in [-0.39, 0.29) is 5.69 Å². The molecular weight excluding hydrogens is 192 g/mol. The summed E-state index contributed by atoms with van der Waals surface area (Å²) in [6, 6.07) is 5.73. The molecule has 1 aromatic carbocycles. The zero-order chi connectivity index (χ0) is 10.3. The number of aromatic nitrogens is 4. The van der Waals surface area contributed by atoms with Gasteiger partial charge in [0.15, 0.2) is 0 Å². The number of hydrogen-bond donors (Lipinski definition) is 3. The summed E-state index contributed by atoms with van der Waals surface area (Å²) in [6.45, 7) is 0. The molecule has 0 fully saturated rings. The Hall–Kier alpha value is -2.30. The number of fused-ring (bicyclic) bond motifs is 1. The second-order valence-corrected chi connectivity index (χ2v) is 3.33. The molecule has 0 atom stereocenters. The van der Waals surface area contributed by atoms with Crippen molar-refractivity contribution in [2.45, 2.75) is 0 Å². The van der Waals surface area contributed by atoms with Crippen molar-refractivity contribution in [3.8, 4) is 11.1 Å². The Bertz CT molecular complexity index is 647. The molecule has 0 aliphatic rings. The van der Waals surface area contributed by atoms with E-state index in [0.717, 1.165) is 22.2 Å². The molecule has 5 heteroatoms. The highest BCUT2D eigenvalue weighted by Crippen LogP contribution is 2.20. The summed E-state index contributed by atoms with van der Waals surface area (Å²) in [4.78, 5) is 16.5. The molecular formula is C10H8N4O. The molecule has 0 radical (unpaired) electrons. The van der Waals surface area contributed by atoms with E-state index < -0.39 is 0 Å². The summed E-state index contributed by atoms with van der Waals surface area (Å²) in [7, 11) is 0. The average molecular weight is 200 g/mol. The Morgan fingerprint density at radius 1 is 1.07 bits per heavy atom. The van der Waals surface area contributed by atoms with Crippen LogP contribution in [0, 0.1) is 0 Å². The maximum atomic E-state index is 11.1. The highest BCUT2D eigenvalue weighted by atomic mass is 16.1. The molecule has 3 rings (SSSR count). The van der Waals surface area contributed by atoms with E-state index in [4.69, 9.17) is 0 Å². The number of imidazole rings is 1. The van der Waals surface area contributed by atoms with Crippen LogP contribution in [0.5, 0.6) is 0 Å². The summed E-state index contributed by atoms with van der Waals surface area (Å²) in [5.41, 5.74) is 3.45. The Labute approximate surface area is 84.2 Å². The van der Waals surface area contributed by atoms with Gasteiger partial charge in [0.1, 0.15) is 0 Å². The van der Waals surface area contributed by atoms with Crippen LogP contribution in [0.1, 0.15) is 0 Å². The van der Waals surface area contributed by atoms with E-state index in [1.807, 2.05) is 24.4 Å². The molecule has 0 unspecified atom stereocenters. The van der Waals surface area contributed by atoms with Gasteiger partial charge in [-0.05, 0) is 17.7 Å². The molecule has 0 amide bonds. The van der Waals surface area contributed by atoms with Crippen LogP contribution in [-0.4, -0.2) is 20.2 Å². The number of aromatic amines is 3. The number of nitrogens with one attached hydrogen (secondary N) is 3. The monoisotopic (exact) mass is 200 g/mol. The zero-order valence-corrected chi connectivity index (χ0v) is 7.74. The van der Waals surface area contributed by atoms with Gasteiger partial charge in [-0.2, -0.15) is 5.10 Å². The SMILES string of the molecule is O=c1[nH]c2ccc(-c3cn[nH]c3)cc2[nH]1. The number of benzene rings is 1. The summed E-state index contributed by atoms with van der Waals surface area (Å²) < 4.78 is 0. The van der Waals surface area contributed by atoms with Gasteiger partial charge in [0, 0.05) is 11.8 Å². The van der Waals surface area contributed by atoms with Crippen molar-refractivity contribution in [3.05, 3.63) is 41.1 Å². The van der Waals surface area contributed by atoms with Crippen molar-refractivity contribution in [1.29, 1.82) is 0 Å². The smallest absolute Gasteiger partial charge is 0.306 e. The maximum absolute atomic E-state index is 11.1. The second-order valence-electron chi connectivity index (χ2n) is 3.33. The quantitative estimate of drug-likeness (QED) is 0.552. The highest BCUT2D eigenvalue weighted by Gasteiger charge is 2.02. The fourth-order valence-electron chi connectivity index (χ4n) is 1.62. The van der Waals surface area contributed by atoms with Gasteiger partial charge in [-0.3, -0.25) is 5.10 Å². The van der Waals surface area contributed by atoms with E-state index >= 15 is 0 Å². The Balaban J connectivity index is 2.26. The van der Waals surface area contributed by atoms with Crippen LogP contribution in [0.15, 0.2) is 35.4 Å². The van der Waals surface area contributed by atoms with Crippen LogP contribution in [0.4, 0.5) is 0 Å². The number of rotatable bonds is 1. The van der Waals surface area contributed by atoms with Crippen molar-refractivity contribution < 1.29 is 0 Å². The Kier molecular flexibility index (Phi) is 1.53. The lowest BCUT2D eigenvalue weighted by atomic mass is 10.1. The molecule has 0 saturated heterocycles. The van der Waals surface area contributed by atoms with E-state index in [0.29, 0.717) is 0 Å². The molecule has 2 heterocycles. The molecule has 74 valence electrons. The first-order chi connectivity index (χ1) is 7.33. The fraction of sp³-hybridized carbons (Fsp3) is 0. The largest absolute Gasteiger partial charge is 0.323 e. The fourth-order valence-corrected chi connectivity index (χ4v) is 1.62. The van der Waals surface area contributed by atoms with Gasteiger partial charge in [-0.25, -0.2) is 4.79 Å². The molecule has 0 saturated carbocycles. The summed E-state index contributed by atoms with van der Waals surface area (Å²) in [5, 5.41) is 6.63. The van der Waals surface area contributed by atoms with Gasteiger partial charge in [0.25, 0.3) is 0 Å². The van der Waals surface area contributed by atoms with Crippen LogP contribution < -0.4 is 5.69 Å². The average Bonchev–Trinajstić information content (AvgIpc) is 2.82. The molecule has 2 aromatic heterocycles. The molecule has 0 bridgehead atoms. The molecule has 3 aromatic rings. The molecule has 3 N–H and O–H groups in total. The second kappa shape index (κ2) is 2.84. The Morgan fingerprint density at radius 2 is 1.93 bits per heavy atom. The number of H-pyrrole nitrogens is 3. The summed E-state index contributed by atoms with van der Waals surface area (Å²) in [6.07, 6.45) is 3.55. The number of nitrogens with zero attached hydrogens (tertiary/aromatic N) is 1. The minimum absolute atomic E-state index is 0.186. The molecule has 0 spiro atoms. The van der Waals surface area contributed by atoms with Crippen LogP contribution in [-0.2, 0) is 0 Å². The lowest BCUT2D eigenvalue weighted by molar-refractivity contribution is 1.09. The minimum Gasteiger partial charge on any atom is -0.306 e. The maximum Gasteiger partial charge on any atom is 0.323 e. The van der Waals surface area contributed by atoms with Crippen molar-refractivity contribution in [1.82, 2.24) is 20.2 Å². The zero-order valence-electron chi connectivity index (χ0n) is 7.74. The summed E-state index contributed by atoms with van der Waals surface area (Å²) in [5.74, 6) is 0.